The smallest absolute Gasteiger partial charge is 0.0861 e. The molecule has 5 nitrogen and oxygen atoms in total. The molecule has 0 spiro atoms. The Kier molecular flexibility index (Phi) is 5.10. The molecule has 0 bridgehead atoms. The lowest BCUT2D eigenvalue weighted by molar-refractivity contribution is 0.113. The van der Waals surface area contributed by atoms with Crippen molar-refractivity contribution >= 4 is 11.8 Å². The minimum Gasteiger partial charge on any atom is -0.394 e. The maximum Gasteiger partial charge on any atom is 0.0861 e. The fraction of sp³-hybridized carbons (Fsp3) is 0.667. The monoisotopic (exact) mass is 231 g/mol. The second kappa shape index (κ2) is 6.12. The van der Waals surface area contributed by atoms with E-state index in [-0.39, 0.29) is 11.9 Å². The molecule has 15 heavy (non-hydrogen) atoms. The number of nitrogens with zero attached hydrogens (tertiary/aromatic N) is 2. The minimum atomic E-state index is -0.680. The van der Waals surface area contributed by atoms with Crippen molar-refractivity contribution in [1.29, 1.82) is 0 Å². The van der Waals surface area contributed by atoms with E-state index in [2.05, 4.69) is 5.10 Å². The first-order valence-electron chi connectivity index (χ1n) is 4.76. The zero-order valence-electron chi connectivity index (χ0n) is 8.71. The number of hydrogen-bond donors (Lipinski definition) is 3. The average molecular weight is 231 g/mol. The molecule has 0 aromatic carbocycles. The highest BCUT2D eigenvalue weighted by Crippen LogP contribution is 2.27. The van der Waals surface area contributed by atoms with Gasteiger partial charge in [0.15, 0.2) is 0 Å². The molecule has 1 aromatic rings. The number of thioether (sulfide) groups is 1. The van der Waals surface area contributed by atoms with Crippen molar-refractivity contribution < 1.29 is 10.2 Å². The molecule has 0 fully saturated rings. The van der Waals surface area contributed by atoms with E-state index in [1.807, 2.05) is 13.2 Å². The number of nitrogens with two attached hydrogens (primary N) is 1. The van der Waals surface area contributed by atoms with Gasteiger partial charge in [0.05, 0.1) is 18.9 Å². The maximum atomic E-state index is 9.22. The van der Waals surface area contributed by atoms with Crippen LogP contribution >= 0.6 is 11.8 Å². The fourth-order valence-electron chi connectivity index (χ4n) is 1.19. The van der Waals surface area contributed by atoms with Crippen molar-refractivity contribution in [3.05, 3.63) is 18.0 Å². The van der Waals surface area contributed by atoms with Crippen LogP contribution in [0.1, 0.15) is 10.8 Å². The van der Waals surface area contributed by atoms with Gasteiger partial charge < -0.3 is 15.9 Å². The normalized spacial score (nSPS) is 15.2. The second-order valence-corrected chi connectivity index (χ2v) is 4.58. The molecule has 0 amide bonds. The lowest BCUT2D eigenvalue weighted by Crippen LogP contribution is -2.18. The summed E-state index contributed by atoms with van der Waals surface area (Å²) >= 11 is 1.53. The van der Waals surface area contributed by atoms with Crippen molar-refractivity contribution in [3.8, 4) is 0 Å². The highest BCUT2D eigenvalue weighted by Gasteiger charge is 2.14. The van der Waals surface area contributed by atoms with Crippen molar-refractivity contribution in [1.82, 2.24) is 9.78 Å². The molecule has 4 N–H and O–H groups in total. The Labute approximate surface area is 93.3 Å². The molecular weight excluding hydrogens is 214 g/mol. The van der Waals surface area contributed by atoms with E-state index in [0.29, 0.717) is 12.3 Å². The Balaban J connectivity index is 2.49. The predicted octanol–water partition coefficient (Wildman–Crippen LogP) is -0.494. The van der Waals surface area contributed by atoms with E-state index in [0.717, 1.165) is 5.56 Å². The summed E-state index contributed by atoms with van der Waals surface area (Å²) in [5.41, 5.74) is 6.69. The van der Waals surface area contributed by atoms with Gasteiger partial charge in [0, 0.05) is 36.4 Å². The largest absolute Gasteiger partial charge is 0.394 e. The SMILES string of the molecule is Cn1cc(C(CN)SCC(O)CO)cn1. The second-order valence-electron chi connectivity index (χ2n) is 3.34. The predicted molar refractivity (Wildman–Crippen MR) is 60.6 cm³/mol. The Morgan fingerprint density at radius 1 is 1.67 bits per heavy atom. The zero-order valence-corrected chi connectivity index (χ0v) is 9.52. The third-order valence-corrected chi connectivity index (χ3v) is 3.46. The van der Waals surface area contributed by atoms with Crippen LogP contribution in [0.15, 0.2) is 12.4 Å². The van der Waals surface area contributed by atoms with Crippen LogP contribution in [-0.4, -0.2) is 45.0 Å². The quantitative estimate of drug-likeness (QED) is 0.615. The summed E-state index contributed by atoms with van der Waals surface area (Å²) in [7, 11) is 1.85. The number of aliphatic hydroxyl groups is 2. The average Bonchev–Trinajstić information content (AvgIpc) is 2.65. The molecule has 0 aliphatic heterocycles. The van der Waals surface area contributed by atoms with Gasteiger partial charge in [0.25, 0.3) is 0 Å². The number of aliphatic hydroxyl groups excluding tert-OH is 2. The van der Waals surface area contributed by atoms with Crippen LogP contribution in [0.5, 0.6) is 0 Å². The molecule has 0 aliphatic carbocycles. The van der Waals surface area contributed by atoms with Gasteiger partial charge in [0.2, 0.25) is 0 Å². The van der Waals surface area contributed by atoms with Gasteiger partial charge in [-0.1, -0.05) is 0 Å². The van der Waals surface area contributed by atoms with Gasteiger partial charge in [0.1, 0.15) is 0 Å². The van der Waals surface area contributed by atoms with Crippen molar-refractivity contribution in [2.24, 2.45) is 12.8 Å². The molecule has 1 aromatic heterocycles. The van der Waals surface area contributed by atoms with Gasteiger partial charge in [-0.15, -0.1) is 11.8 Å². The number of aromatic nitrogens is 2. The molecule has 0 saturated carbocycles. The van der Waals surface area contributed by atoms with Gasteiger partial charge in [-0.3, -0.25) is 4.68 Å². The number of hydrogen-bond acceptors (Lipinski definition) is 5. The van der Waals surface area contributed by atoms with Crippen LogP contribution < -0.4 is 5.73 Å². The third-order valence-electron chi connectivity index (χ3n) is 2.01. The number of aryl methyl sites for hydroxylation is 1. The molecule has 2 unspecified atom stereocenters. The lowest BCUT2D eigenvalue weighted by atomic mass is 10.2. The first-order chi connectivity index (χ1) is 7.17. The summed E-state index contributed by atoms with van der Waals surface area (Å²) in [6.07, 6.45) is 3.01. The van der Waals surface area contributed by atoms with Crippen molar-refractivity contribution in [2.75, 3.05) is 18.9 Å². The molecule has 1 heterocycles. The summed E-state index contributed by atoms with van der Waals surface area (Å²) in [6, 6.07) is 0. The van der Waals surface area contributed by atoms with Gasteiger partial charge in [-0.05, 0) is 0 Å². The molecule has 2 atom stereocenters. The van der Waals surface area contributed by atoms with Crippen LogP contribution in [0.4, 0.5) is 0 Å². The number of rotatable bonds is 6. The molecule has 6 heteroatoms. The van der Waals surface area contributed by atoms with Crippen molar-refractivity contribution in [3.63, 3.8) is 0 Å². The van der Waals surface area contributed by atoms with E-state index in [9.17, 15) is 5.11 Å². The lowest BCUT2D eigenvalue weighted by Gasteiger charge is -2.14. The first kappa shape index (κ1) is 12.5. The van der Waals surface area contributed by atoms with E-state index in [1.54, 1.807) is 10.9 Å². The Morgan fingerprint density at radius 2 is 2.40 bits per heavy atom. The van der Waals surface area contributed by atoms with E-state index >= 15 is 0 Å². The third kappa shape index (κ3) is 3.83. The molecule has 0 saturated heterocycles. The van der Waals surface area contributed by atoms with Gasteiger partial charge in [-0.2, -0.15) is 5.10 Å². The van der Waals surface area contributed by atoms with Gasteiger partial charge >= 0.3 is 0 Å². The van der Waals surface area contributed by atoms with E-state index in [4.69, 9.17) is 10.8 Å². The molecular formula is C9H17N3O2S. The molecule has 0 aliphatic rings. The summed E-state index contributed by atoms with van der Waals surface area (Å²) < 4.78 is 1.72. The summed E-state index contributed by atoms with van der Waals surface area (Å²) in [5.74, 6) is 0.479. The van der Waals surface area contributed by atoms with Crippen LogP contribution in [0.25, 0.3) is 0 Å². The summed E-state index contributed by atoms with van der Waals surface area (Å²) in [6.45, 7) is 0.284. The zero-order chi connectivity index (χ0) is 11.3. The van der Waals surface area contributed by atoms with Crippen LogP contribution in [0.2, 0.25) is 0 Å². The maximum absolute atomic E-state index is 9.22. The Bertz CT molecular complexity index is 293. The topological polar surface area (TPSA) is 84.3 Å². The molecule has 86 valence electrons. The standard InChI is InChI=1S/C9H17N3O2S/c1-12-4-7(3-11-12)9(2-10)15-6-8(14)5-13/h3-4,8-9,13-14H,2,5-6,10H2,1H3. The van der Waals surface area contributed by atoms with Crippen LogP contribution in [0, 0.1) is 0 Å². The molecule has 1 rings (SSSR count). The summed E-state index contributed by atoms with van der Waals surface area (Å²) in [5, 5.41) is 22.1. The highest BCUT2D eigenvalue weighted by atomic mass is 32.2. The fourth-order valence-corrected chi connectivity index (χ4v) is 2.20. The Morgan fingerprint density at radius 3 is 2.87 bits per heavy atom. The van der Waals surface area contributed by atoms with E-state index < -0.39 is 6.10 Å². The minimum absolute atomic E-state index is 0.125. The van der Waals surface area contributed by atoms with Crippen LogP contribution in [0.3, 0.4) is 0 Å². The van der Waals surface area contributed by atoms with Gasteiger partial charge in [-0.25, -0.2) is 0 Å². The van der Waals surface area contributed by atoms with Crippen LogP contribution in [-0.2, 0) is 7.05 Å². The Hall–Kier alpha value is -0.560. The highest BCUT2D eigenvalue weighted by molar-refractivity contribution is 7.99. The molecule has 0 radical (unpaired) electrons. The van der Waals surface area contributed by atoms with E-state index in [1.165, 1.54) is 11.8 Å². The van der Waals surface area contributed by atoms with Crippen molar-refractivity contribution in [2.45, 2.75) is 11.4 Å². The summed E-state index contributed by atoms with van der Waals surface area (Å²) in [4.78, 5) is 0. The first-order valence-corrected chi connectivity index (χ1v) is 5.81.